The summed E-state index contributed by atoms with van der Waals surface area (Å²) in [6.07, 6.45) is 0.412. The van der Waals surface area contributed by atoms with Crippen molar-refractivity contribution in [3.63, 3.8) is 0 Å². The van der Waals surface area contributed by atoms with E-state index in [1.165, 1.54) is 5.56 Å². The Morgan fingerprint density at radius 2 is 1.48 bits per heavy atom. The van der Waals surface area contributed by atoms with Gasteiger partial charge in [0.15, 0.2) is 0 Å². The van der Waals surface area contributed by atoms with Gasteiger partial charge in [-0.3, -0.25) is 0 Å². The first-order valence-corrected chi connectivity index (χ1v) is 7.96. The van der Waals surface area contributed by atoms with Gasteiger partial charge in [-0.2, -0.15) is 0 Å². The van der Waals surface area contributed by atoms with E-state index in [-0.39, 0.29) is 24.2 Å². The van der Waals surface area contributed by atoms with Crippen molar-refractivity contribution in [1.82, 2.24) is 5.32 Å². The lowest BCUT2D eigenvalue weighted by molar-refractivity contribution is 0.126. The number of hydrogen-bond acceptors (Lipinski definition) is 2. The molecule has 23 heavy (non-hydrogen) atoms. The summed E-state index contributed by atoms with van der Waals surface area (Å²) >= 11 is 0. The van der Waals surface area contributed by atoms with Gasteiger partial charge in [0.05, 0.1) is 0 Å². The molecule has 1 N–H and O–H groups in total. The Bertz CT molecular complexity index is 603. The molecule has 1 unspecified atom stereocenters. The average molecular weight is 311 g/mol. The fraction of sp³-hybridized carbons (Fsp3) is 0.350. The molecule has 122 valence electrons. The molecular weight excluding hydrogens is 286 g/mol. The minimum Gasteiger partial charge on any atom is -0.445 e. The van der Waals surface area contributed by atoms with Crippen LogP contribution in [0.1, 0.15) is 31.9 Å². The standard InChI is InChI=1S/C20H25NO2/c1-20(2,3)18(14-16-10-6-4-7-11-16)21-19(22)23-15-17-12-8-5-9-13-17/h4-13,18H,14-15H2,1-3H3,(H,21,22). The quantitative estimate of drug-likeness (QED) is 0.878. The number of alkyl carbamates (subject to hydrolysis) is 1. The summed E-state index contributed by atoms with van der Waals surface area (Å²) in [4.78, 5) is 12.1. The summed E-state index contributed by atoms with van der Waals surface area (Å²) in [5, 5.41) is 3.01. The van der Waals surface area contributed by atoms with Crippen LogP contribution >= 0.6 is 0 Å². The molecule has 0 spiro atoms. The summed E-state index contributed by atoms with van der Waals surface area (Å²) < 4.78 is 5.34. The van der Waals surface area contributed by atoms with Crippen molar-refractivity contribution >= 4 is 6.09 Å². The maximum atomic E-state index is 12.1. The lowest BCUT2D eigenvalue weighted by Gasteiger charge is -2.31. The van der Waals surface area contributed by atoms with E-state index in [2.05, 4.69) is 38.2 Å². The molecule has 0 aliphatic carbocycles. The van der Waals surface area contributed by atoms with Crippen molar-refractivity contribution in [2.24, 2.45) is 5.41 Å². The van der Waals surface area contributed by atoms with E-state index in [9.17, 15) is 4.79 Å². The van der Waals surface area contributed by atoms with Gasteiger partial charge in [-0.25, -0.2) is 4.79 Å². The molecule has 0 aliphatic rings. The number of ether oxygens (including phenoxy) is 1. The second-order valence-electron chi connectivity index (χ2n) is 6.81. The third kappa shape index (κ3) is 5.78. The molecule has 2 aromatic rings. The van der Waals surface area contributed by atoms with Crippen LogP contribution in [-0.4, -0.2) is 12.1 Å². The number of carbonyl (C=O) groups is 1. The summed E-state index contributed by atoms with van der Waals surface area (Å²) in [6.45, 7) is 6.66. The van der Waals surface area contributed by atoms with Gasteiger partial charge in [-0.05, 0) is 23.0 Å². The van der Waals surface area contributed by atoms with Gasteiger partial charge >= 0.3 is 6.09 Å². The summed E-state index contributed by atoms with van der Waals surface area (Å²) in [5.74, 6) is 0. The summed E-state index contributed by atoms with van der Waals surface area (Å²) in [7, 11) is 0. The third-order valence-corrected chi connectivity index (χ3v) is 3.83. The van der Waals surface area contributed by atoms with Gasteiger partial charge in [0.1, 0.15) is 6.61 Å². The number of carbonyl (C=O) groups excluding carboxylic acids is 1. The maximum absolute atomic E-state index is 12.1. The summed E-state index contributed by atoms with van der Waals surface area (Å²) in [5.41, 5.74) is 2.13. The molecule has 1 amide bonds. The zero-order valence-corrected chi connectivity index (χ0v) is 14.1. The smallest absolute Gasteiger partial charge is 0.407 e. The molecule has 3 heteroatoms. The van der Waals surface area contributed by atoms with E-state index < -0.39 is 0 Å². The Hall–Kier alpha value is -2.29. The molecule has 1 atom stereocenters. The van der Waals surface area contributed by atoms with E-state index in [1.54, 1.807) is 0 Å². The molecular formula is C20H25NO2. The molecule has 3 nitrogen and oxygen atoms in total. The molecule has 0 aromatic heterocycles. The van der Waals surface area contributed by atoms with Gasteiger partial charge in [0.2, 0.25) is 0 Å². The second-order valence-corrected chi connectivity index (χ2v) is 6.81. The van der Waals surface area contributed by atoms with Crippen molar-refractivity contribution in [1.29, 1.82) is 0 Å². The Labute approximate surface area is 138 Å². The van der Waals surface area contributed by atoms with Crippen LogP contribution < -0.4 is 5.32 Å². The Kier molecular flexibility index (Phi) is 5.80. The highest BCUT2D eigenvalue weighted by Gasteiger charge is 2.27. The largest absolute Gasteiger partial charge is 0.445 e. The van der Waals surface area contributed by atoms with Crippen LogP contribution in [0.5, 0.6) is 0 Å². The minimum absolute atomic E-state index is 0.00757. The van der Waals surface area contributed by atoms with Gasteiger partial charge in [-0.15, -0.1) is 0 Å². The Morgan fingerprint density at radius 3 is 2.00 bits per heavy atom. The number of benzene rings is 2. The third-order valence-electron chi connectivity index (χ3n) is 3.83. The van der Waals surface area contributed by atoms with E-state index in [1.807, 2.05) is 48.5 Å². The van der Waals surface area contributed by atoms with E-state index in [4.69, 9.17) is 4.74 Å². The molecule has 0 heterocycles. The van der Waals surface area contributed by atoms with Crippen molar-refractivity contribution < 1.29 is 9.53 Å². The van der Waals surface area contributed by atoms with Crippen LogP contribution in [0.3, 0.4) is 0 Å². The Morgan fingerprint density at radius 1 is 0.957 bits per heavy atom. The molecule has 0 fully saturated rings. The lowest BCUT2D eigenvalue weighted by atomic mass is 9.83. The van der Waals surface area contributed by atoms with Crippen LogP contribution in [0, 0.1) is 5.41 Å². The van der Waals surface area contributed by atoms with Gasteiger partial charge in [0.25, 0.3) is 0 Å². The lowest BCUT2D eigenvalue weighted by Crippen LogP contribution is -2.45. The molecule has 0 aliphatic heterocycles. The van der Waals surface area contributed by atoms with Crippen molar-refractivity contribution in [2.75, 3.05) is 0 Å². The predicted octanol–water partition coefficient (Wildman–Crippen LogP) is 4.57. The number of rotatable bonds is 5. The first-order valence-electron chi connectivity index (χ1n) is 7.96. The van der Waals surface area contributed by atoms with Gasteiger partial charge in [0, 0.05) is 6.04 Å². The highest BCUT2D eigenvalue weighted by Crippen LogP contribution is 2.23. The Balaban J connectivity index is 1.93. The van der Waals surface area contributed by atoms with Crippen LogP contribution in [-0.2, 0) is 17.8 Å². The molecule has 0 bridgehead atoms. The van der Waals surface area contributed by atoms with Crippen LogP contribution in [0.2, 0.25) is 0 Å². The average Bonchev–Trinajstić information content (AvgIpc) is 2.53. The molecule has 2 rings (SSSR count). The minimum atomic E-state index is -0.371. The van der Waals surface area contributed by atoms with Crippen LogP contribution in [0.25, 0.3) is 0 Å². The highest BCUT2D eigenvalue weighted by atomic mass is 16.5. The first-order chi connectivity index (χ1) is 10.9. The van der Waals surface area contributed by atoms with E-state index >= 15 is 0 Å². The molecule has 0 radical (unpaired) electrons. The van der Waals surface area contributed by atoms with Gasteiger partial charge in [-0.1, -0.05) is 81.4 Å². The predicted molar refractivity (Wildman–Crippen MR) is 93.2 cm³/mol. The van der Waals surface area contributed by atoms with E-state index in [0.717, 1.165) is 12.0 Å². The maximum Gasteiger partial charge on any atom is 0.407 e. The second kappa shape index (κ2) is 7.82. The number of amides is 1. The van der Waals surface area contributed by atoms with Gasteiger partial charge < -0.3 is 10.1 Å². The monoisotopic (exact) mass is 311 g/mol. The number of nitrogens with one attached hydrogen (secondary N) is 1. The zero-order chi connectivity index (χ0) is 16.7. The number of hydrogen-bond donors (Lipinski definition) is 1. The van der Waals surface area contributed by atoms with Crippen molar-refractivity contribution in [3.8, 4) is 0 Å². The molecule has 0 saturated heterocycles. The van der Waals surface area contributed by atoms with Crippen LogP contribution in [0.4, 0.5) is 4.79 Å². The fourth-order valence-corrected chi connectivity index (χ4v) is 2.33. The first kappa shape index (κ1) is 17.1. The molecule has 0 saturated carbocycles. The van der Waals surface area contributed by atoms with Crippen molar-refractivity contribution in [3.05, 3.63) is 71.8 Å². The van der Waals surface area contributed by atoms with E-state index in [0.29, 0.717) is 0 Å². The SMILES string of the molecule is CC(C)(C)C(Cc1ccccc1)NC(=O)OCc1ccccc1. The highest BCUT2D eigenvalue weighted by molar-refractivity contribution is 5.67. The molecule has 2 aromatic carbocycles. The zero-order valence-electron chi connectivity index (χ0n) is 14.1. The fourth-order valence-electron chi connectivity index (χ4n) is 2.33. The summed E-state index contributed by atoms with van der Waals surface area (Å²) in [6, 6.07) is 19.9. The van der Waals surface area contributed by atoms with Crippen LogP contribution in [0.15, 0.2) is 60.7 Å². The van der Waals surface area contributed by atoms with Crippen molar-refractivity contribution in [2.45, 2.75) is 39.8 Å². The normalized spacial score (nSPS) is 12.5. The topological polar surface area (TPSA) is 38.3 Å².